The average molecular weight is 321 g/mol. The van der Waals surface area contributed by atoms with E-state index in [1.807, 2.05) is 12.1 Å². The van der Waals surface area contributed by atoms with Crippen LogP contribution < -0.4 is 4.31 Å². The number of aryl methyl sites for hydroxylation is 1. The van der Waals surface area contributed by atoms with Crippen LogP contribution in [0.1, 0.15) is 18.4 Å². The number of hydrogen-bond donors (Lipinski definition) is 0. The summed E-state index contributed by atoms with van der Waals surface area (Å²) in [6.07, 6.45) is 1.46. The van der Waals surface area contributed by atoms with Gasteiger partial charge >= 0.3 is 5.97 Å². The number of carbonyl (C=O) groups excluding carboxylic acids is 1. The molecule has 3 rings (SSSR count). The molecule has 2 aliphatic rings. The van der Waals surface area contributed by atoms with Gasteiger partial charge in [-0.05, 0) is 24.5 Å². The van der Waals surface area contributed by atoms with Gasteiger partial charge in [-0.1, -0.05) is 18.2 Å². The van der Waals surface area contributed by atoms with Crippen LogP contribution in [0, 0.1) is 0 Å². The highest BCUT2D eigenvalue weighted by Gasteiger charge is 2.36. The number of ether oxygens (including phenoxy) is 1. The molecule has 0 N–H and O–H groups in total. The maximum absolute atomic E-state index is 12.8. The fourth-order valence-corrected chi connectivity index (χ4v) is 4.10. The molecule has 0 fully saturated rings. The minimum absolute atomic E-state index is 0.00590. The van der Waals surface area contributed by atoms with Crippen molar-refractivity contribution in [2.75, 3.05) is 18.0 Å². The molecule has 1 aromatic rings. The first-order valence-corrected chi connectivity index (χ1v) is 8.30. The van der Waals surface area contributed by atoms with Crippen molar-refractivity contribution in [2.24, 2.45) is 10.2 Å². The van der Waals surface area contributed by atoms with Crippen molar-refractivity contribution < 1.29 is 17.9 Å². The number of fused-ring (bicyclic) bond motifs is 1. The highest BCUT2D eigenvalue weighted by molar-refractivity contribution is 8.07. The molecule has 1 aromatic carbocycles. The van der Waals surface area contributed by atoms with E-state index in [9.17, 15) is 13.2 Å². The van der Waals surface area contributed by atoms with Crippen molar-refractivity contribution in [2.45, 2.75) is 19.3 Å². The summed E-state index contributed by atoms with van der Waals surface area (Å²) in [5.74, 6) is -0.659. The lowest BCUT2D eigenvalue weighted by atomic mass is 10.0. The summed E-state index contributed by atoms with van der Waals surface area (Å²) in [7, 11) is -2.57. The second kappa shape index (κ2) is 5.53. The smallest absolute Gasteiger partial charge is 0.354 e. The Labute approximate surface area is 128 Å². The van der Waals surface area contributed by atoms with Gasteiger partial charge in [0.05, 0.1) is 19.2 Å². The quantitative estimate of drug-likeness (QED) is 0.763. The van der Waals surface area contributed by atoms with Crippen LogP contribution >= 0.6 is 0 Å². The molecule has 0 aromatic heterocycles. The molecular weight excluding hydrogens is 306 g/mol. The zero-order valence-corrected chi connectivity index (χ0v) is 12.8. The zero-order chi connectivity index (χ0) is 15.7. The van der Waals surface area contributed by atoms with E-state index in [1.54, 1.807) is 12.1 Å². The van der Waals surface area contributed by atoms with Crippen LogP contribution in [-0.2, 0) is 26.0 Å². The summed E-state index contributed by atoms with van der Waals surface area (Å²) in [5.41, 5.74) is 1.67. The van der Waals surface area contributed by atoms with Crippen molar-refractivity contribution in [1.29, 1.82) is 0 Å². The third-order valence-corrected chi connectivity index (χ3v) is 5.46. The number of sulfonamides is 1. The summed E-state index contributed by atoms with van der Waals surface area (Å²) in [6, 6.07) is 7.40. The van der Waals surface area contributed by atoms with Gasteiger partial charge < -0.3 is 4.74 Å². The molecule has 116 valence electrons. The summed E-state index contributed by atoms with van der Waals surface area (Å²) >= 11 is 0. The molecule has 2 heterocycles. The summed E-state index contributed by atoms with van der Waals surface area (Å²) in [4.78, 5) is 11.4. The largest absolute Gasteiger partial charge is 0.464 e. The Hall–Kier alpha value is -2.22. The Morgan fingerprint density at radius 3 is 2.82 bits per heavy atom. The van der Waals surface area contributed by atoms with Gasteiger partial charge in [-0.2, -0.15) is 8.42 Å². The third kappa shape index (κ3) is 2.39. The van der Waals surface area contributed by atoms with Crippen LogP contribution in [0.25, 0.3) is 0 Å². The Kier molecular flexibility index (Phi) is 3.69. The van der Waals surface area contributed by atoms with Crippen molar-refractivity contribution in [1.82, 2.24) is 0 Å². The summed E-state index contributed by atoms with van der Waals surface area (Å²) in [6.45, 7) is 0.395. The van der Waals surface area contributed by atoms with Crippen LogP contribution in [0.15, 0.2) is 34.5 Å². The lowest BCUT2D eigenvalue weighted by Crippen LogP contribution is -2.40. The third-order valence-electron chi connectivity index (χ3n) is 3.68. The van der Waals surface area contributed by atoms with Crippen molar-refractivity contribution in [3.63, 3.8) is 0 Å². The topological polar surface area (TPSA) is 88.4 Å². The normalized spacial score (nSPS) is 17.6. The molecule has 0 radical (unpaired) electrons. The highest BCUT2D eigenvalue weighted by atomic mass is 32.2. The molecule has 0 saturated carbocycles. The van der Waals surface area contributed by atoms with Crippen LogP contribution in [0.4, 0.5) is 5.69 Å². The molecule has 0 aliphatic carbocycles. The number of methoxy groups -OCH3 is 1. The van der Waals surface area contributed by atoms with Crippen molar-refractivity contribution in [3.05, 3.63) is 29.8 Å². The molecule has 2 aliphatic heterocycles. The SMILES string of the molecule is COC(=O)C1=NN=C(S(=O)(=O)N2CCCc3ccccc32)C1. The first-order valence-electron chi connectivity index (χ1n) is 6.86. The second-order valence-electron chi connectivity index (χ2n) is 5.02. The number of nitrogens with zero attached hydrogens (tertiary/aromatic N) is 3. The van der Waals surface area contributed by atoms with Gasteiger partial charge in [-0.3, -0.25) is 4.31 Å². The van der Waals surface area contributed by atoms with Gasteiger partial charge in [-0.25, -0.2) is 4.79 Å². The number of rotatable bonds is 2. The Morgan fingerprint density at radius 2 is 2.05 bits per heavy atom. The fraction of sp³-hybridized carbons (Fsp3) is 0.357. The minimum Gasteiger partial charge on any atom is -0.464 e. The molecule has 8 heteroatoms. The predicted octanol–water partition coefficient (Wildman–Crippen LogP) is 1.10. The van der Waals surface area contributed by atoms with Gasteiger partial charge in [0.1, 0.15) is 0 Å². The summed E-state index contributed by atoms with van der Waals surface area (Å²) < 4.78 is 31.4. The number of esters is 1. The van der Waals surface area contributed by atoms with Crippen LogP contribution in [0.2, 0.25) is 0 Å². The Balaban J connectivity index is 1.89. The van der Waals surface area contributed by atoms with Crippen molar-refractivity contribution >= 4 is 32.4 Å². The van der Waals surface area contributed by atoms with Gasteiger partial charge in [-0.15, -0.1) is 10.2 Å². The molecule has 0 saturated heterocycles. The predicted molar refractivity (Wildman–Crippen MR) is 82.5 cm³/mol. The van der Waals surface area contributed by atoms with E-state index in [1.165, 1.54) is 11.4 Å². The second-order valence-corrected chi connectivity index (χ2v) is 6.88. The minimum atomic E-state index is -3.79. The van der Waals surface area contributed by atoms with E-state index in [0.717, 1.165) is 18.4 Å². The molecule has 0 spiro atoms. The van der Waals surface area contributed by atoms with Gasteiger partial charge in [0.15, 0.2) is 10.8 Å². The molecule has 0 unspecified atom stereocenters. The Bertz CT molecular complexity index is 783. The molecule has 0 atom stereocenters. The van der Waals surface area contributed by atoms with E-state index in [2.05, 4.69) is 14.9 Å². The van der Waals surface area contributed by atoms with E-state index >= 15 is 0 Å². The number of hydrogen-bond acceptors (Lipinski definition) is 6. The molecule has 0 bridgehead atoms. The van der Waals surface area contributed by atoms with Crippen LogP contribution in [-0.4, -0.2) is 38.8 Å². The van der Waals surface area contributed by atoms with Gasteiger partial charge in [0.2, 0.25) is 0 Å². The number of anilines is 1. The maximum Gasteiger partial charge on any atom is 0.354 e. The molecular formula is C14H15N3O4S. The number of benzene rings is 1. The van der Waals surface area contributed by atoms with Crippen LogP contribution in [0.5, 0.6) is 0 Å². The fourth-order valence-electron chi connectivity index (χ4n) is 2.58. The monoisotopic (exact) mass is 321 g/mol. The molecule has 0 amide bonds. The lowest BCUT2D eigenvalue weighted by molar-refractivity contribution is -0.132. The van der Waals surface area contributed by atoms with E-state index < -0.39 is 16.0 Å². The average Bonchev–Trinajstić information content (AvgIpc) is 3.04. The Morgan fingerprint density at radius 1 is 1.27 bits per heavy atom. The van der Waals surface area contributed by atoms with E-state index in [4.69, 9.17) is 0 Å². The van der Waals surface area contributed by atoms with Gasteiger partial charge in [0.25, 0.3) is 10.0 Å². The molecule has 7 nitrogen and oxygen atoms in total. The lowest BCUT2D eigenvalue weighted by Gasteiger charge is -2.30. The number of carbonyl (C=O) groups is 1. The van der Waals surface area contributed by atoms with Crippen LogP contribution in [0.3, 0.4) is 0 Å². The standard InChI is InChI=1S/C14H15N3O4S/c1-21-14(18)11-9-13(16-15-11)22(19,20)17-8-4-6-10-5-2-3-7-12(10)17/h2-3,5,7H,4,6,8-9H2,1H3. The zero-order valence-electron chi connectivity index (χ0n) is 12.0. The first kappa shape index (κ1) is 14.7. The van der Waals surface area contributed by atoms with Crippen molar-refractivity contribution in [3.8, 4) is 0 Å². The first-order chi connectivity index (χ1) is 10.5. The molecule has 22 heavy (non-hydrogen) atoms. The maximum atomic E-state index is 12.8. The number of para-hydroxylation sites is 1. The highest BCUT2D eigenvalue weighted by Crippen LogP contribution is 2.30. The van der Waals surface area contributed by atoms with E-state index in [-0.39, 0.29) is 17.2 Å². The van der Waals surface area contributed by atoms with Gasteiger partial charge in [0, 0.05) is 6.54 Å². The summed E-state index contributed by atoms with van der Waals surface area (Å²) in [5, 5.41) is 7.19. The van der Waals surface area contributed by atoms with E-state index in [0.29, 0.717) is 12.2 Å².